The minimum atomic E-state index is -3.87. The third-order valence-electron chi connectivity index (χ3n) is 2.79. The van der Waals surface area contributed by atoms with E-state index in [1.165, 1.54) is 48.7 Å². The van der Waals surface area contributed by atoms with Gasteiger partial charge in [-0.25, -0.2) is 13.1 Å². The molecule has 0 saturated heterocycles. The van der Waals surface area contributed by atoms with Crippen LogP contribution in [0.3, 0.4) is 0 Å². The number of phenolic OH excluding ortho intramolecular Hbond substituents is 2. The minimum Gasteiger partial charge on any atom is -0.508 e. The van der Waals surface area contributed by atoms with Crippen LogP contribution in [0, 0.1) is 0 Å². The van der Waals surface area contributed by atoms with Crippen LogP contribution in [-0.4, -0.2) is 30.8 Å². The average molecular weight is 334 g/mol. The molecule has 7 nitrogen and oxygen atoms in total. The second-order valence-electron chi connectivity index (χ2n) is 4.66. The first-order valence-corrected chi connectivity index (χ1v) is 7.96. The van der Waals surface area contributed by atoms with Gasteiger partial charge in [0.25, 0.3) is 10.0 Å². The Morgan fingerprint density at radius 2 is 1.78 bits per heavy atom. The summed E-state index contributed by atoms with van der Waals surface area (Å²) >= 11 is 0. The lowest BCUT2D eigenvalue weighted by molar-refractivity contribution is -0.117. The highest BCUT2D eigenvalue weighted by Crippen LogP contribution is 2.22. The molecule has 23 heavy (non-hydrogen) atoms. The maximum Gasteiger partial charge on any atom is 0.264 e. The molecule has 0 bridgehead atoms. The van der Waals surface area contributed by atoms with Crippen LogP contribution in [0.2, 0.25) is 0 Å². The van der Waals surface area contributed by atoms with Gasteiger partial charge in [0.2, 0.25) is 5.91 Å². The van der Waals surface area contributed by atoms with Crippen molar-refractivity contribution in [2.45, 2.75) is 11.8 Å². The molecular weight excluding hydrogens is 320 g/mol. The van der Waals surface area contributed by atoms with Crippen molar-refractivity contribution >= 4 is 27.8 Å². The zero-order chi connectivity index (χ0) is 17.0. The zero-order valence-corrected chi connectivity index (χ0v) is 12.9. The molecule has 0 unspecified atom stereocenters. The lowest BCUT2D eigenvalue weighted by Gasteiger charge is -2.04. The molecule has 0 fully saturated rings. The first-order chi connectivity index (χ1) is 10.8. The molecule has 0 aliphatic carbocycles. The van der Waals surface area contributed by atoms with Gasteiger partial charge >= 0.3 is 0 Å². The molecule has 0 aliphatic rings. The van der Waals surface area contributed by atoms with E-state index in [0.29, 0.717) is 11.3 Å². The average Bonchev–Trinajstić information content (AvgIpc) is 2.45. The van der Waals surface area contributed by atoms with Gasteiger partial charge in [0, 0.05) is 24.8 Å². The highest BCUT2D eigenvalue weighted by molar-refractivity contribution is 7.90. The monoisotopic (exact) mass is 334 g/mol. The summed E-state index contributed by atoms with van der Waals surface area (Å²) < 4.78 is 25.4. The summed E-state index contributed by atoms with van der Waals surface area (Å²) in [5.74, 6) is -0.860. The summed E-state index contributed by atoms with van der Waals surface area (Å²) in [7, 11) is -3.87. The Kier molecular flexibility index (Phi) is 4.65. The molecule has 0 saturated carbocycles. The molecular formula is C15H14N2O5S. The summed E-state index contributed by atoms with van der Waals surface area (Å²) in [6.07, 6.45) is 1.38. The molecule has 0 heterocycles. The number of rotatable bonds is 4. The molecule has 0 radical (unpaired) electrons. The lowest BCUT2D eigenvalue weighted by atomic mass is 10.2. The van der Waals surface area contributed by atoms with Crippen LogP contribution in [0.5, 0.6) is 11.5 Å². The Morgan fingerprint density at radius 1 is 1.13 bits per heavy atom. The topological polar surface area (TPSA) is 116 Å². The van der Waals surface area contributed by atoms with Crippen molar-refractivity contribution in [3.63, 3.8) is 0 Å². The fourth-order valence-electron chi connectivity index (χ4n) is 1.74. The number of nitrogens with zero attached hydrogens (tertiary/aromatic N) is 1. The normalized spacial score (nSPS) is 11.5. The van der Waals surface area contributed by atoms with E-state index in [9.17, 15) is 23.4 Å². The number of benzene rings is 2. The molecule has 0 atom stereocenters. The van der Waals surface area contributed by atoms with Gasteiger partial charge in [0.05, 0.1) is 10.6 Å². The standard InChI is InChI=1S/C15H14N2O5S/c1-10(18)17-23(21,22)14-6-3-12(4-7-14)16-9-11-2-5-13(19)8-15(11)20/h2-9,19-20H,1H3,(H,17,18). The van der Waals surface area contributed by atoms with E-state index in [0.717, 1.165) is 6.92 Å². The second kappa shape index (κ2) is 6.49. The van der Waals surface area contributed by atoms with Crippen molar-refractivity contribution in [3.05, 3.63) is 48.0 Å². The van der Waals surface area contributed by atoms with E-state index in [-0.39, 0.29) is 16.4 Å². The van der Waals surface area contributed by atoms with E-state index in [1.54, 1.807) is 0 Å². The zero-order valence-electron chi connectivity index (χ0n) is 12.1. The van der Waals surface area contributed by atoms with Crippen LogP contribution in [0.1, 0.15) is 12.5 Å². The molecule has 3 N–H and O–H groups in total. The molecule has 0 aliphatic heterocycles. The van der Waals surface area contributed by atoms with Crippen molar-refractivity contribution < 1.29 is 23.4 Å². The molecule has 120 valence electrons. The van der Waals surface area contributed by atoms with Gasteiger partial charge in [-0.1, -0.05) is 0 Å². The fourth-order valence-corrected chi connectivity index (χ4v) is 2.74. The van der Waals surface area contributed by atoms with Crippen LogP contribution in [-0.2, 0) is 14.8 Å². The van der Waals surface area contributed by atoms with Gasteiger partial charge < -0.3 is 10.2 Å². The van der Waals surface area contributed by atoms with Crippen LogP contribution in [0.25, 0.3) is 0 Å². The summed E-state index contributed by atoms with van der Waals surface area (Å²) in [5.41, 5.74) is 0.858. The molecule has 0 spiro atoms. The number of nitrogens with one attached hydrogen (secondary N) is 1. The van der Waals surface area contributed by atoms with Crippen LogP contribution in [0.15, 0.2) is 52.4 Å². The maximum atomic E-state index is 11.8. The largest absolute Gasteiger partial charge is 0.508 e. The highest BCUT2D eigenvalue weighted by Gasteiger charge is 2.14. The predicted octanol–water partition coefficient (Wildman–Crippen LogP) is 1.67. The molecule has 0 aromatic heterocycles. The Morgan fingerprint density at radius 3 is 2.35 bits per heavy atom. The Labute approximate surface area is 133 Å². The number of sulfonamides is 1. The smallest absolute Gasteiger partial charge is 0.264 e. The third kappa shape index (κ3) is 4.30. The number of amides is 1. The lowest BCUT2D eigenvalue weighted by Crippen LogP contribution is -2.28. The minimum absolute atomic E-state index is 0.0564. The number of hydrogen-bond donors (Lipinski definition) is 3. The van der Waals surface area contributed by atoms with Crippen LogP contribution >= 0.6 is 0 Å². The summed E-state index contributed by atoms with van der Waals surface area (Å²) in [6, 6.07) is 9.63. The van der Waals surface area contributed by atoms with Crippen LogP contribution < -0.4 is 4.72 Å². The number of carbonyl (C=O) groups excluding carboxylic acids is 1. The van der Waals surface area contributed by atoms with Crippen molar-refractivity contribution in [1.29, 1.82) is 0 Å². The van der Waals surface area contributed by atoms with E-state index in [2.05, 4.69) is 4.99 Å². The van der Waals surface area contributed by atoms with Gasteiger partial charge in [0.1, 0.15) is 11.5 Å². The van der Waals surface area contributed by atoms with Gasteiger partial charge in [-0.15, -0.1) is 0 Å². The molecule has 1 amide bonds. The molecule has 2 aromatic carbocycles. The van der Waals surface area contributed by atoms with Crippen molar-refractivity contribution in [2.24, 2.45) is 4.99 Å². The summed E-state index contributed by atoms with van der Waals surface area (Å²) in [4.78, 5) is 14.9. The molecule has 8 heteroatoms. The first-order valence-electron chi connectivity index (χ1n) is 6.47. The van der Waals surface area contributed by atoms with Gasteiger partial charge in [-0.2, -0.15) is 0 Å². The van der Waals surface area contributed by atoms with E-state index in [4.69, 9.17) is 0 Å². The summed E-state index contributed by atoms with van der Waals surface area (Å²) in [6.45, 7) is 1.11. The van der Waals surface area contributed by atoms with Crippen molar-refractivity contribution in [2.75, 3.05) is 0 Å². The predicted molar refractivity (Wildman–Crippen MR) is 84.5 cm³/mol. The van der Waals surface area contributed by atoms with Crippen molar-refractivity contribution in [3.8, 4) is 11.5 Å². The fraction of sp³-hybridized carbons (Fsp3) is 0.0667. The Hall–Kier alpha value is -2.87. The highest BCUT2D eigenvalue weighted by atomic mass is 32.2. The first kappa shape index (κ1) is 16.5. The Balaban J connectivity index is 2.20. The van der Waals surface area contributed by atoms with Gasteiger partial charge in [0.15, 0.2) is 0 Å². The van der Waals surface area contributed by atoms with Gasteiger partial charge in [-0.05, 0) is 36.4 Å². The Bertz CT molecular complexity index is 858. The number of carbonyl (C=O) groups is 1. The maximum absolute atomic E-state index is 11.8. The van der Waals surface area contributed by atoms with E-state index < -0.39 is 15.9 Å². The molecule has 2 rings (SSSR count). The van der Waals surface area contributed by atoms with E-state index in [1.807, 2.05) is 4.72 Å². The second-order valence-corrected chi connectivity index (χ2v) is 6.34. The number of aliphatic imine (C=N–C) groups is 1. The quantitative estimate of drug-likeness (QED) is 0.736. The number of hydrogen-bond acceptors (Lipinski definition) is 6. The van der Waals surface area contributed by atoms with Crippen LogP contribution in [0.4, 0.5) is 5.69 Å². The summed E-state index contributed by atoms with van der Waals surface area (Å²) in [5, 5.41) is 18.8. The number of aromatic hydroxyl groups is 2. The van der Waals surface area contributed by atoms with E-state index >= 15 is 0 Å². The third-order valence-corrected chi connectivity index (χ3v) is 4.24. The number of phenols is 2. The van der Waals surface area contributed by atoms with Gasteiger partial charge in [-0.3, -0.25) is 9.79 Å². The molecule has 2 aromatic rings. The SMILES string of the molecule is CC(=O)NS(=O)(=O)c1ccc(N=Cc2ccc(O)cc2O)cc1. The van der Waals surface area contributed by atoms with Crippen molar-refractivity contribution in [1.82, 2.24) is 4.72 Å².